The van der Waals surface area contributed by atoms with Crippen molar-refractivity contribution in [3.05, 3.63) is 35.9 Å². The SMILES string of the molecule is CC(C)[C@H](NCC(=O)OCc1ccccc1)C(=O)O. The third-order valence-electron chi connectivity index (χ3n) is 2.64. The van der Waals surface area contributed by atoms with Crippen molar-refractivity contribution in [2.45, 2.75) is 26.5 Å². The Bertz CT molecular complexity index is 417. The second-order valence-electron chi connectivity index (χ2n) is 4.59. The van der Waals surface area contributed by atoms with Gasteiger partial charge in [-0.15, -0.1) is 0 Å². The molecule has 1 atom stereocenters. The number of benzene rings is 1. The molecule has 104 valence electrons. The number of rotatable bonds is 7. The molecule has 1 aromatic rings. The minimum Gasteiger partial charge on any atom is -0.480 e. The lowest BCUT2D eigenvalue weighted by molar-refractivity contribution is -0.145. The first-order valence-corrected chi connectivity index (χ1v) is 6.16. The molecule has 0 aliphatic rings. The van der Waals surface area contributed by atoms with E-state index in [9.17, 15) is 9.59 Å². The highest BCUT2D eigenvalue weighted by Gasteiger charge is 2.21. The molecule has 0 bridgehead atoms. The fraction of sp³-hybridized carbons (Fsp3) is 0.429. The predicted octanol–water partition coefficient (Wildman–Crippen LogP) is 1.43. The van der Waals surface area contributed by atoms with Crippen LogP contribution in [0.25, 0.3) is 0 Å². The van der Waals surface area contributed by atoms with Crippen molar-refractivity contribution < 1.29 is 19.4 Å². The number of carboxylic acid groups (broad SMARTS) is 1. The average Bonchev–Trinajstić information content (AvgIpc) is 2.37. The molecule has 5 nitrogen and oxygen atoms in total. The van der Waals surface area contributed by atoms with Gasteiger partial charge in [0.25, 0.3) is 0 Å². The van der Waals surface area contributed by atoms with E-state index in [0.717, 1.165) is 5.56 Å². The Kier molecular flexibility index (Phi) is 6.02. The van der Waals surface area contributed by atoms with Crippen LogP contribution in [0.15, 0.2) is 30.3 Å². The van der Waals surface area contributed by atoms with Crippen molar-refractivity contribution in [2.75, 3.05) is 6.54 Å². The van der Waals surface area contributed by atoms with Crippen LogP contribution in [0.5, 0.6) is 0 Å². The molecule has 0 fully saturated rings. The smallest absolute Gasteiger partial charge is 0.320 e. The first-order chi connectivity index (χ1) is 9.00. The normalized spacial score (nSPS) is 12.2. The zero-order valence-electron chi connectivity index (χ0n) is 11.1. The minimum absolute atomic E-state index is 0.0978. The average molecular weight is 265 g/mol. The van der Waals surface area contributed by atoms with Crippen LogP contribution in [0, 0.1) is 5.92 Å². The van der Waals surface area contributed by atoms with Crippen LogP contribution >= 0.6 is 0 Å². The highest BCUT2D eigenvalue weighted by molar-refractivity contribution is 5.76. The number of esters is 1. The topological polar surface area (TPSA) is 75.6 Å². The molecule has 0 radical (unpaired) electrons. The third kappa shape index (κ3) is 5.52. The van der Waals surface area contributed by atoms with Crippen molar-refractivity contribution in [2.24, 2.45) is 5.92 Å². The van der Waals surface area contributed by atoms with E-state index < -0.39 is 18.0 Å². The Morgan fingerprint density at radius 2 is 1.89 bits per heavy atom. The largest absolute Gasteiger partial charge is 0.480 e. The van der Waals surface area contributed by atoms with Crippen LogP contribution in [0.3, 0.4) is 0 Å². The maximum absolute atomic E-state index is 11.5. The number of hydrogen-bond donors (Lipinski definition) is 2. The first kappa shape index (κ1) is 15.2. The molecule has 0 saturated heterocycles. The van der Waals surface area contributed by atoms with Gasteiger partial charge in [-0.3, -0.25) is 14.9 Å². The van der Waals surface area contributed by atoms with E-state index in [4.69, 9.17) is 9.84 Å². The molecule has 5 heteroatoms. The van der Waals surface area contributed by atoms with Crippen LogP contribution in [0.4, 0.5) is 0 Å². The summed E-state index contributed by atoms with van der Waals surface area (Å²) in [6.07, 6.45) is 0. The summed E-state index contributed by atoms with van der Waals surface area (Å²) in [5.74, 6) is -1.53. The van der Waals surface area contributed by atoms with E-state index >= 15 is 0 Å². The fourth-order valence-corrected chi connectivity index (χ4v) is 1.59. The van der Waals surface area contributed by atoms with Crippen molar-refractivity contribution in [3.63, 3.8) is 0 Å². The standard InChI is InChI=1S/C14H19NO4/c1-10(2)13(14(17)18)15-8-12(16)19-9-11-6-4-3-5-7-11/h3-7,10,13,15H,8-9H2,1-2H3,(H,17,18)/t13-/m0/s1. The van der Waals surface area contributed by atoms with Crippen LogP contribution in [-0.4, -0.2) is 29.6 Å². The maximum Gasteiger partial charge on any atom is 0.320 e. The minimum atomic E-state index is -0.967. The predicted molar refractivity (Wildman–Crippen MR) is 70.5 cm³/mol. The number of carbonyl (C=O) groups excluding carboxylic acids is 1. The molecule has 0 saturated carbocycles. The van der Waals surface area contributed by atoms with Crippen LogP contribution < -0.4 is 5.32 Å². The molecule has 0 aliphatic carbocycles. The Balaban J connectivity index is 2.33. The molecular formula is C14H19NO4. The van der Waals surface area contributed by atoms with E-state index in [0.29, 0.717) is 0 Å². The molecule has 0 aliphatic heterocycles. The summed E-state index contributed by atoms with van der Waals surface area (Å²) in [5.41, 5.74) is 0.898. The van der Waals surface area contributed by atoms with Crippen LogP contribution in [0.1, 0.15) is 19.4 Å². The van der Waals surface area contributed by atoms with Crippen molar-refractivity contribution in [1.29, 1.82) is 0 Å². The summed E-state index contributed by atoms with van der Waals surface area (Å²) in [6.45, 7) is 3.64. The second-order valence-corrected chi connectivity index (χ2v) is 4.59. The Morgan fingerprint density at radius 1 is 1.26 bits per heavy atom. The van der Waals surface area contributed by atoms with Gasteiger partial charge in [0.15, 0.2) is 0 Å². The summed E-state index contributed by atoms with van der Waals surface area (Å²) in [7, 11) is 0. The van der Waals surface area contributed by atoms with Crippen molar-refractivity contribution in [1.82, 2.24) is 5.32 Å². The van der Waals surface area contributed by atoms with Gasteiger partial charge in [-0.05, 0) is 11.5 Å². The summed E-state index contributed by atoms with van der Waals surface area (Å²) in [4.78, 5) is 22.4. The lowest BCUT2D eigenvalue weighted by atomic mass is 10.1. The molecule has 0 unspecified atom stereocenters. The van der Waals surface area contributed by atoms with Gasteiger partial charge in [0, 0.05) is 0 Å². The molecule has 1 aromatic carbocycles. The molecule has 0 amide bonds. The quantitative estimate of drug-likeness (QED) is 0.729. The Morgan fingerprint density at radius 3 is 2.42 bits per heavy atom. The first-order valence-electron chi connectivity index (χ1n) is 6.16. The van der Waals surface area contributed by atoms with E-state index in [2.05, 4.69) is 5.32 Å². The van der Waals surface area contributed by atoms with Gasteiger partial charge < -0.3 is 9.84 Å². The number of hydrogen-bond acceptors (Lipinski definition) is 4. The number of ether oxygens (including phenoxy) is 1. The molecule has 1 rings (SSSR count). The number of carbonyl (C=O) groups is 2. The third-order valence-corrected chi connectivity index (χ3v) is 2.64. The number of aliphatic carboxylic acids is 1. The van der Waals surface area contributed by atoms with Crippen molar-refractivity contribution in [3.8, 4) is 0 Å². The monoisotopic (exact) mass is 265 g/mol. The highest BCUT2D eigenvalue weighted by atomic mass is 16.5. The summed E-state index contributed by atoms with van der Waals surface area (Å²) in [6, 6.07) is 8.57. The lowest BCUT2D eigenvalue weighted by Gasteiger charge is -2.17. The van der Waals surface area contributed by atoms with Gasteiger partial charge >= 0.3 is 11.9 Å². The van der Waals surface area contributed by atoms with Gasteiger partial charge in [-0.1, -0.05) is 44.2 Å². The zero-order chi connectivity index (χ0) is 14.3. The van der Waals surface area contributed by atoms with Gasteiger partial charge in [0.2, 0.25) is 0 Å². The lowest BCUT2D eigenvalue weighted by Crippen LogP contribution is -2.43. The number of carboxylic acids is 1. The maximum atomic E-state index is 11.5. The fourth-order valence-electron chi connectivity index (χ4n) is 1.59. The van der Waals surface area contributed by atoms with Crippen LogP contribution in [-0.2, 0) is 20.9 Å². The molecule has 0 aromatic heterocycles. The number of nitrogens with one attached hydrogen (secondary N) is 1. The van der Waals surface area contributed by atoms with Crippen molar-refractivity contribution >= 4 is 11.9 Å². The van der Waals surface area contributed by atoms with Gasteiger partial charge in [-0.2, -0.15) is 0 Å². The van der Waals surface area contributed by atoms with E-state index in [-0.39, 0.29) is 19.1 Å². The summed E-state index contributed by atoms with van der Waals surface area (Å²) in [5, 5.41) is 11.6. The van der Waals surface area contributed by atoms with Gasteiger partial charge in [-0.25, -0.2) is 0 Å². The molecule has 0 heterocycles. The molecule has 2 N–H and O–H groups in total. The van der Waals surface area contributed by atoms with E-state index in [1.54, 1.807) is 13.8 Å². The molecular weight excluding hydrogens is 246 g/mol. The van der Waals surface area contributed by atoms with E-state index in [1.807, 2.05) is 30.3 Å². The second kappa shape index (κ2) is 7.53. The summed E-state index contributed by atoms with van der Waals surface area (Å²) < 4.78 is 5.04. The van der Waals surface area contributed by atoms with E-state index in [1.165, 1.54) is 0 Å². The summed E-state index contributed by atoms with van der Waals surface area (Å²) >= 11 is 0. The van der Waals surface area contributed by atoms with Crippen LogP contribution in [0.2, 0.25) is 0 Å². The van der Waals surface area contributed by atoms with Gasteiger partial charge in [0.1, 0.15) is 12.6 Å². The molecule has 0 spiro atoms. The van der Waals surface area contributed by atoms with Gasteiger partial charge in [0.05, 0.1) is 6.54 Å². The highest BCUT2D eigenvalue weighted by Crippen LogP contribution is 2.02. The zero-order valence-corrected chi connectivity index (χ0v) is 11.1. The Labute approximate surface area is 112 Å². The molecule has 19 heavy (non-hydrogen) atoms. The Hall–Kier alpha value is -1.88.